The first-order valence-corrected chi connectivity index (χ1v) is 6.43. The second-order valence-electron chi connectivity index (χ2n) is 4.43. The molecule has 0 spiro atoms. The second-order valence-corrected chi connectivity index (χ2v) is 4.43. The molecule has 114 valence electrons. The van der Waals surface area contributed by atoms with Gasteiger partial charge in [-0.3, -0.25) is 0 Å². The lowest BCUT2D eigenvalue weighted by atomic mass is 10.0. The van der Waals surface area contributed by atoms with Crippen LogP contribution in [0.25, 0.3) is 0 Å². The summed E-state index contributed by atoms with van der Waals surface area (Å²) < 4.78 is 48.4. The van der Waals surface area contributed by atoms with Crippen LogP contribution in [-0.2, 0) is 0 Å². The highest BCUT2D eigenvalue weighted by molar-refractivity contribution is 5.42. The molecule has 1 aromatic rings. The third-order valence-corrected chi connectivity index (χ3v) is 2.89. The fourth-order valence-corrected chi connectivity index (χ4v) is 1.95. The van der Waals surface area contributed by atoms with E-state index in [1.165, 1.54) is 14.2 Å². The molecule has 0 bridgehead atoms. The zero-order valence-electron chi connectivity index (χ0n) is 11.9. The monoisotopic (exact) mass is 291 g/mol. The van der Waals surface area contributed by atoms with Crippen LogP contribution in [0.4, 0.5) is 13.2 Å². The van der Waals surface area contributed by atoms with Gasteiger partial charge in [0.25, 0.3) is 0 Å². The van der Waals surface area contributed by atoms with Crippen molar-refractivity contribution < 1.29 is 22.6 Å². The third kappa shape index (κ3) is 4.92. The quantitative estimate of drug-likeness (QED) is 0.831. The Kier molecular flexibility index (Phi) is 6.13. The van der Waals surface area contributed by atoms with Gasteiger partial charge in [0.05, 0.1) is 20.6 Å². The smallest absolute Gasteiger partial charge is 0.390 e. The standard InChI is InChI=1S/C14H20F3NO2/c1-4-7-18-12(9-14(15,16)17)11-8-10(19-2)5-6-13(11)20-3/h5-6,8,12,18H,4,7,9H2,1-3H3. The first-order chi connectivity index (χ1) is 9.41. The molecule has 1 atom stereocenters. The minimum atomic E-state index is -4.25. The first kappa shape index (κ1) is 16.6. The molecule has 0 fully saturated rings. The minimum absolute atomic E-state index is 0.420. The summed E-state index contributed by atoms with van der Waals surface area (Å²) in [6.07, 6.45) is -4.45. The molecule has 0 aliphatic carbocycles. The molecule has 0 radical (unpaired) electrons. The van der Waals surface area contributed by atoms with Crippen LogP contribution in [0.3, 0.4) is 0 Å². The van der Waals surface area contributed by atoms with Gasteiger partial charge in [0.15, 0.2) is 0 Å². The maximum Gasteiger partial charge on any atom is 0.390 e. The summed E-state index contributed by atoms with van der Waals surface area (Å²) in [5.41, 5.74) is 0.456. The van der Waals surface area contributed by atoms with Crippen molar-refractivity contribution >= 4 is 0 Å². The van der Waals surface area contributed by atoms with Crippen LogP contribution < -0.4 is 14.8 Å². The molecule has 0 aliphatic rings. The summed E-state index contributed by atoms with van der Waals surface area (Å²) in [6.45, 7) is 2.40. The average molecular weight is 291 g/mol. The van der Waals surface area contributed by atoms with Gasteiger partial charge in [0.2, 0.25) is 0 Å². The van der Waals surface area contributed by atoms with Crippen LogP contribution in [-0.4, -0.2) is 26.9 Å². The molecular formula is C14H20F3NO2. The molecule has 20 heavy (non-hydrogen) atoms. The van der Waals surface area contributed by atoms with E-state index in [9.17, 15) is 13.2 Å². The van der Waals surface area contributed by atoms with Gasteiger partial charge in [-0.2, -0.15) is 13.2 Å². The Morgan fingerprint density at radius 1 is 1.20 bits per heavy atom. The van der Waals surface area contributed by atoms with Crippen LogP contribution in [0.1, 0.15) is 31.4 Å². The molecular weight excluding hydrogens is 271 g/mol. The predicted octanol–water partition coefficient (Wildman–Crippen LogP) is 3.70. The van der Waals surface area contributed by atoms with Gasteiger partial charge < -0.3 is 14.8 Å². The molecule has 6 heteroatoms. The Balaban J connectivity index is 3.09. The lowest BCUT2D eigenvalue weighted by Gasteiger charge is -2.23. The van der Waals surface area contributed by atoms with Gasteiger partial charge >= 0.3 is 6.18 Å². The van der Waals surface area contributed by atoms with Crippen molar-refractivity contribution in [2.45, 2.75) is 32.0 Å². The number of rotatable bonds is 7. The highest BCUT2D eigenvalue weighted by atomic mass is 19.4. The fourth-order valence-electron chi connectivity index (χ4n) is 1.95. The van der Waals surface area contributed by atoms with E-state index in [4.69, 9.17) is 9.47 Å². The largest absolute Gasteiger partial charge is 0.497 e. The van der Waals surface area contributed by atoms with E-state index in [2.05, 4.69) is 5.32 Å². The van der Waals surface area contributed by atoms with Crippen LogP contribution in [0.15, 0.2) is 18.2 Å². The normalized spacial score (nSPS) is 13.1. The third-order valence-electron chi connectivity index (χ3n) is 2.89. The van der Waals surface area contributed by atoms with Crippen LogP contribution in [0.2, 0.25) is 0 Å². The average Bonchev–Trinajstić information content (AvgIpc) is 2.41. The van der Waals surface area contributed by atoms with E-state index in [1.807, 2.05) is 6.92 Å². The van der Waals surface area contributed by atoms with E-state index in [1.54, 1.807) is 18.2 Å². The second kappa shape index (κ2) is 7.38. The maximum absolute atomic E-state index is 12.7. The molecule has 0 saturated carbocycles. The molecule has 1 aromatic carbocycles. The minimum Gasteiger partial charge on any atom is -0.497 e. The Hall–Kier alpha value is -1.43. The highest BCUT2D eigenvalue weighted by Gasteiger charge is 2.33. The molecule has 0 heterocycles. The number of methoxy groups -OCH3 is 2. The predicted molar refractivity (Wildman–Crippen MR) is 71.3 cm³/mol. The Bertz CT molecular complexity index is 421. The number of benzene rings is 1. The van der Waals surface area contributed by atoms with Crippen molar-refractivity contribution in [3.8, 4) is 11.5 Å². The molecule has 0 aliphatic heterocycles. The fraction of sp³-hybridized carbons (Fsp3) is 0.571. The van der Waals surface area contributed by atoms with Crippen LogP contribution in [0.5, 0.6) is 11.5 Å². The summed E-state index contributed by atoms with van der Waals surface area (Å²) in [5.74, 6) is 0.926. The van der Waals surface area contributed by atoms with Crippen molar-refractivity contribution in [3.63, 3.8) is 0 Å². The van der Waals surface area contributed by atoms with E-state index in [0.717, 1.165) is 6.42 Å². The van der Waals surface area contributed by atoms with Gasteiger partial charge in [-0.1, -0.05) is 6.92 Å². The summed E-state index contributed by atoms with van der Waals surface area (Å²) in [7, 11) is 2.92. The summed E-state index contributed by atoms with van der Waals surface area (Å²) >= 11 is 0. The number of hydrogen-bond donors (Lipinski definition) is 1. The van der Waals surface area contributed by atoms with Gasteiger partial charge in [0, 0.05) is 11.6 Å². The van der Waals surface area contributed by atoms with Gasteiger partial charge in [-0.05, 0) is 31.2 Å². The van der Waals surface area contributed by atoms with E-state index in [-0.39, 0.29) is 0 Å². The Morgan fingerprint density at radius 3 is 2.40 bits per heavy atom. The van der Waals surface area contributed by atoms with Gasteiger partial charge in [-0.15, -0.1) is 0 Å². The number of alkyl halides is 3. The zero-order valence-corrected chi connectivity index (χ0v) is 11.9. The van der Waals surface area contributed by atoms with E-state index in [0.29, 0.717) is 23.6 Å². The summed E-state index contributed by atoms with van der Waals surface area (Å²) in [6, 6.07) is 4.01. The van der Waals surface area contributed by atoms with Crippen molar-refractivity contribution in [2.24, 2.45) is 0 Å². The number of hydrogen-bond acceptors (Lipinski definition) is 3. The molecule has 1 unspecified atom stereocenters. The van der Waals surface area contributed by atoms with Crippen molar-refractivity contribution in [1.82, 2.24) is 5.32 Å². The molecule has 1 rings (SSSR count). The SMILES string of the molecule is CCCNC(CC(F)(F)F)c1cc(OC)ccc1OC. The summed E-state index contributed by atoms with van der Waals surface area (Å²) in [5, 5.41) is 2.91. The molecule has 0 amide bonds. The topological polar surface area (TPSA) is 30.5 Å². The number of nitrogens with one attached hydrogen (secondary N) is 1. The summed E-state index contributed by atoms with van der Waals surface area (Å²) in [4.78, 5) is 0. The van der Waals surface area contributed by atoms with Crippen LogP contribution >= 0.6 is 0 Å². The van der Waals surface area contributed by atoms with Gasteiger partial charge in [0.1, 0.15) is 11.5 Å². The van der Waals surface area contributed by atoms with E-state index >= 15 is 0 Å². The van der Waals surface area contributed by atoms with Crippen molar-refractivity contribution in [2.75, 3.05) is 20.8 Å². The number of ether oxygens (including phenoxy) is 2. The lowest BCUT2D eigenvalue weighted by molar-refractivity contribution is -0.140. The van der Waals surface area contributed by atoms with E-state index < -0.39 is 18.6 Å². The van der Waals surface area contributed by atoms with Crippen LogP contribution in [0, 0.1) is 0 Å². The lowest BCUT2D eigenvalue weighted by Crippen LogP contribution is -2.27. The molecule has 1 N–H and O–H groups in total. The Labute approximate surface area is 117 Å². The first-order valence-electron chi connectivity index (χ1n) is 6.43. The van der Waals surface area contributed by atoms with Crippen molar-refractivity contribution in [1.29, 1.82) is 0 Å². The molecule has 0 saturated heterocycles. The van der Waals surface area contributed by atoms with Crippen molar-refractivity contribution in [3.05, 3.63) is 23.8 Å². The highest BCUT2D eigenvalue weighted by Crippen LogP contribution is 2.35. The van der Waals surface area contributed by atoms with Gasteiger partial charge in [-0.25, -0.2) is 0 Å². The zero-order chi connectivity index (χ0) is 15.2. The maximum atomic E-state index is 12.7. The Morgan fingerprint density at radius 2 is 1.90 bits per heavy atom. The molecule has 3 nitrogen and oxygen atoms in total. The number of halogens is 3. The molecule has 0 aromatic heterocycles.